The Balaban J connectivity index is 1.71. The minimum absolute atomic E-state index is 0.314. The van der Waals surface area contributed by atoms with Gasteiger partial charge in [0.1, 0.15) is 12.1 Å². The third kappa shape index (κ3) is 4.56. The first kappa shape index (κ1) is 16.5. The zero-order chi connectivity index (χ0) is 17.9. The summed E-state index contributed by atoms with van der Waals surface area (Å²) in [7, 11) is 0. The van der Waals surface area contributed by atoms with Gasteiger partial charge >= 0.3 is 6.36 Å². The lowest BCUT2D eigenvalue weighted by molar-refractivity contribution is -0.274. The van der Waals surface area contributed by atoms with Crippen LogP contribution in [0.3, 0.4) is 0 Å². The summed E-state index contributed by atoms with van der Waals surface area (Å²) in [5, 5.41) is 4.19. The van der Waals surface area contributed by atoms with Crippen molar-refractivity contribution in [3.8, 4) is 11.6 Å². The van der Waals surface area contributed by atoms with Crippen molar-refractivity contribution in [3.05, 3.63) is 60.3 Å². The van der Waals surface area contributed by atoms with E-state index in [2.05, 4.69) is 19.8 Å². The molecule has 128 valence electrons. The van der Waals surface area contributed by atoms with Crippen LogP contribution in [-0.4, -0.2) is 26.1 Å². The van der Waals surface area contributed by atoms with Gasteiger partial charge in [0.15, 0.2) is 11.6 Å². The minimum Gasteiger partial charge on any atom is -0.404 e. The van der Waals surface area contributed by atoms with Crippen LogP contribution < -0.4 is 10.5 Å². The largest absolute Gasteiger partial charge is 0.573 e. The van der Waals surface area contributed by atoms with E-state index >= 15 is 0 Å². The summed E-state index contributed by atoms with van der Waals surface area (Å²) >= 11 is 0. The summed E-state index contributed by atoms with van der Waals surface area (Å²) in [6.45, 7) is 0. The number of nitrogen functional groups attached to an aromatic ring is 1. The van der Waals surface area contributed by atoms with E-state index < -0.39 is 12.1 Å². The Labute approximate surface area is 140 Å². The van der Waals surface area contributed by atoms with E-state index in [9.17, 15) is 13.2 Å². The lowest BCUT2D eigenvalue weighted by Crippen LogP contribution is -2.17. The Bertz CT molecular complexity index is 870. The molecule has 0 atom stereocenters. The van der Waals surface area contributed by atoms with Gasteiger partial charge in [-0.05, 0) is 35.9 Å². The van der Waals surface area contributed by atoms with Crippen LogP contribution >= 0.6 is 0 Å². The number of halogens is 3. The van der Waals surface area contributed by atoms with E-state index in [4.69, 9.17) is 5.73 Å². The average Bonchev–Trinajstić information content (AvgIpc) is 3.02. The molecule has 0 fully saturated rings. The molecule has 0 aliphatic heterocycles. The second-order valence-electron chi connectivity index (χ2n) is 4.95. The summed E-state index contributed by atoms with van der Waals surface area (Å²) in [6.07, 6.45) is 1.14. The molecule has 0 radical (unpaired) electrons. The Morgan fingerprint density at radius 2 is 1.76 bits per heavy atom. The maximum absolute atomic E-state index is 12.1. The van der Waals surface area contributed by atoms with Crippen molar-refractivity contribution in [2.45, 2.75) is 6.36 Å². The first-order chi connectivity index (χ1) is 11.9. The van der Waals surface area contributed by atoms with E-state index in [1.54, 1.807) is 18.2 Å². The molecule has 0 saturated heterocycles. The number of hydrogen-bond donors (Lipinski definition) is 1. The fourth-order valence-corrected chi connectivity index (χ4v) is 1.94. The highest BCUT2D eigenvalue weighted by Crippen LogP contribution is 2.22. The summed E-state index contributed by atoms with van der Waals surface area (Å²) in [5.41, 5.74) is 7.21. The van der Waals surface area contributed by atoms with Crippen LogP contribution in [0.15, 0.2) is 48.9 Å². The highest BCUT2D eigenvalue weighted by Gasteiger charge is 2.31. The zero-order valence-electron chi connectivity index (χ0n) is 12.7. The van der Waals surface area contributed by atoms with Gasteiger partial charge in [-0.2, -0.15) is 0 Å². The Kier molecular flexibility index (Phi) is 4.38. The quantitative estimate of drug-likeness (QED) is 0.733. The van der Waals surface area contributed by atoms with Crippen molar-refractivity contribution in [1.29, 1.82) is 0 Å². The number of hydrogen-bond acceptors (Lipinski definition) is 5. The topological polar surface area (TPSA) is 78.8 Å². The molecule has 0 bridgehead atoms. The van der Waals surface area contributed by atoms with Gasteiger partial charge in [0.25, 0.3) is 0 Å². The van der Waals surface area contributed by atoms with Gasteiger partial charge in [-0.3, -0.25) is 0 Å². The molecule has 0 aliphatic rings. The molecular weight excluding hydrogens is 335 g/mol. The van der Waals surface area contributed by atoms with Crippen molar-refractivity contribution >= 4 is 17.8 Å². The van der Waals surface area contributed by atoms with Gasteiger partial charge in [-0.25, -0.2) is 14.6 Å². The normalized spacial score (nSPS) is 11.8. The molecule has 3 aromatic rings. The first-order valence-electron chi connectivity index (χ1n) is 7.06. The molecule has 0 aliphatic carbocycles. The van der Waals surface area contributed by atoms with Crippen molar-refractivity contribution in [1.82, 2.24) is 19.7 Å². The van der Waals surface area contributed by atoms with Crippen LogP contribution in [-0.2, 0) is 0 Å². The van der Waals surface area contributed by atoms with Gasteiger partial charge in [-0.1, -0.05) is 18.2 Å². The number of benzene rings is 1. The summed E-state index contributed by atoms with van der Waals surface area (Å²) in [5.74, 6) is 0.336. The molecule has 2 N–H and O–H groups in total. The predicted molar refractivity (Wildman–Crippen MR) is 85.6 cm³/mol. The maximum atomic E-state index is 12.1. The lowest BCUT2D eigenvalue weighted by atomic mass is 10.2. The smallest absolute Gasteiger partial charge is 0.404 e. The number of nitrogens with zero attached hydrogens (tertiary/aromatic N) is 4. The number of aromatic nitrogens is 4. The van der Waals surface area contributed by atoms with Crippen LogP contribution in [0.4, 0.5) is 18.9 Å². The highest BCUT2D eigenvalue weighted by molar-refractivity contribution is 5.67. The second-order valence-corrected chi connectivity index (χ2v) is 4.95. The third-order valence-corrected chi connectivity index (χ3v) is 3.06. The van der Waals surface area contributed by atoms with E-state index in [1.807, 2.05) is 18.2 Å². The van der Waals surface area contributed by atoms with Crippen molar-refractivity contribution < 1.29 is 17.9 Å². The number of rotatable bonds is 4. The second kappa shape index (κ2) is 6.63. The van der Waals surface area contributed by atoms with E-state index in [1.165, 1.54) is 17.1 Å². The monoisotopic (exact) mass is 347 g/mol. The van der Waals surface area contributed by atoms with Gasteiger partial charge in [0, 0.05) is 5.69 Å². The summed E-state index contributed by atoms with van der Waals surface area (Å²) in [4.78, 5) is 7.97. The molecule has 25 heavy (non-hydrogen) atoms. The molecule has 0 spiro atoms. The Morgan fingerprint density at radius 3 is 2.40 bits per heavy atom. The van der Waals surface area contributed by atoms with Gasteiger partial charge in [0.2, 0.25) is 0 Å². The number of ether oxygens (including phenoxy) is 1. The summed E-state index contributed by atoms with van der Waals surface area (Å²) < 4.78 is 41.5. The van der Waals surface area contributed by atoms with E-state index in [0.717, 1.165) is 17.8 Å². The molecule has 6 nitrogen and oxygen atoms in total. The van der Waals surface area contributed by atoms with Crippen LogP contribution in [0, 0.1) is 0 Å². The molecular formula is C16H12F3N5O. The molecule has 2 aromatic heterocycles. The fourth-order valence-electron chi connectivity index (χ4n) is 1.94. The van der Waals surface area contributed by atoms with Crippen molar-refractivity contribution in [2.24, 2.45) is 0 Å². The summed E-state index contributed by atoms with van der Waals surface area (Å²) in [6, 6.07) is 9.76. The molecule has 1 aromatic carbocycles. The third-order valence-electron chi connectivity index (χ3n) is 3.06. The van der Waals surface area contributed by atoms with Crippen LogP contribution in [0.5, 0.6) is 5.75 Å². The number of nitrogens with two attached hydrogens (primary N) is 1. The zero-order valence-corrected chi connectivity index (χ0v) is 12.7. The number of anilines is 1. The SMILES string of the molecule is Nc1ccc(C=Cc2ncn(-c3ccc(OC(F)(F)F)cn3)n2)cc1. The maximum Gasteiger partial charge on any atom is 0.573 e. The van der Waals surface area contributed by atoms with Gasteiger partial charge in [-0.15, -0.1) is 18.3 Å². The van der Waals surface area contributed by atoms with E-state index in [0.29, 0.717) is 17.3 Å². The van der Waals surface area contributed by atoms with Crippen LogP contribution in [0.2, 0.25) is 0 Å². The standard InChI is InChI=1S/C16H12F3N5O/c17-16(18,19)25-13-6-8-15(21-9-13)24-10-22-14(23-24)7-3-11-1-4-12(20)5-2-11/h1-10H,20H2. The fraction of sp³-hybridized carbons (Fsp3) is 0.0625. The molecule has 9 heteroatoms. The van der Waals surface area contributed by atoms with Crippen LogP contribution in [0.25, 0.3) is 18.0 Å². The number of alkyl halides is 3. The average molecular weight is 347 g/mol. The molecule has 0 saturated carbocycles. The molecule has 0 amide bonds. The highest BCUT2D eigenvalue weighted by atomic mass is 19.4. The van der Waals surface area contributed by atoms with Gasteiger partial charge in [0.05, 0.1) is 6.20 Å². The molecule has 3 rings (SSSR count). The van der Waals surface area contributed by atoms with Crippen LogP contribution in [0.1, 0.15) is 11.4 Å². The predicted octanol–water partition coefficient (Wildman–Crippen LogP) is 3.31. The molecule has 0 unspecified atom stereocenters. The Morgan fingerprint density at radius 1 is 1.00 bits per heavy atom. The van der Waals surface area contributed by atoms with Crippen molar-refractivity contribution in [2.75, 3.05) is 5.73 Å². The number of pyridine rings is 1. The van der Waals surface area contributed by atoms with Gasteiger partial charge < -0.3 is 10.5 Å². The van der Waals surface area contributed by atoms with Crippen molar-refractivity contribution in [3.63, 3.8) is 0 Å². The minimum atomic E-state index is -4.75. The Hall–Kier alpha value is -3.36. The first-order valence-corrected chi connectivity index (χ1v) is 7.06. The lowest BCUT2D eigenvalue weighted by Gasteiger charge is -2.08. The van der Waals surface area contributed by atoms with E-state index in [-0.39, 0.29) is 0 Å². The molecule has 2 heterocycles.